The van der Waals surface area contributed by atoms with Crippen molar-refractivity contribution in [3.05, 3.63) is 57.5 Å². The van der Waals surface area contributed by atoms with Crippen LogP contribution in [0.5, 0.6) is 0 Å². The van der Waals surface area contributed by atoms with Gasteiger partial charge in [0.25, 0.3) is 0 Å². The van der Waals surface area contributed by atoms with E-state index in [-0.39, 0.29) is 30.1 Å². The summed E-state index contributed by atoms with van der Waals surface area (Å²) < 4.78 is 13.3. The van der Waals surface area contributed by atoms with Gasteiger partial charge in [-0.05, 0) is 55.5 Å². The largest absolute Gasteiger partial charge is 0.333 e. The second-order valence-electron chi connectivity index (χ2n) is 8.75. The topological polar surface area (TPSA) is 40.6 Å². The zero-order chi connectivity index (χ0) is 22.4. The van der Waals surface area contributed by atoms with Crippen molar-refractivity contribution in [3.8, 4) is 0 Å². The molecule has 2 amide bonds. The maximum atomic E-state index is 13.4. The smallest absolute Gasteiger partial charge is 0.242 e. The molecule has 1 atom stereocenters. The third-order valence-corrected chi connectivity index (χ3v) is 7.09. The second kappa shape index (κ2) is 10.9. The van der Waals surface area contributed by atoms with Crippen LogP contribution >= 0.6 is 11.3 Å². The van der Waals surface area contributed by atoms with E-state index < -0.39 is 0 Å². The summed E-state index contributed by atoms with van der Waals surface area (Å²) in [5.74, 6) is 0.186. The number of amides is 2. The summed E-state index contributed by atoms with van der Waals surface area (Å²) in [5, 5.41) is 0. The van der Waals surface area contributed by atoms with Gasteiger partial charge in [-0.3, -0.25) is 9.59 Å². The molecule has 1 saturated carbocycles. The Labute approximate surface area is 189 Å². The summed E-state index contributed by atoms with van der Waals surface area (Å²) in [4.78, 5) is 32.3. The van der Waals surface area contributed by atoms with E-state index >= 15 is 0 Å². The van der Waals surface area contributed by atoms with Gasteiger partial charge in [0.2, 0.25) is 11.8 Å². The number of thiophene rings is 1. The van der Waals surface area contributed by atoms with Gasteiger partial charge in [0.15, 0.2) is 0 Å². The molecule has 4 nitrogen and oxygen atoms in total. The zero-order valence-corrected chi connectivity index (χ0v) is 19.6. The minimum atomic E-state index is -0.290. The molecule has 168 valence electrons. The third kappa shape index (κ3) is 6.63. The number of carbonyl (C=O) groups excluding carboxylic acids is 2. The number of carbonyl (C=O) groups is 2. The minimum absolute atomic E-state index is 0.0636. The van der Waals surface area contributed by atoms with Crippen molar-refractivity contribution < 1.29 is 14.0 Å². The summed E-state index contributed by atoms with van der Waals surface area (Å²) in [5.41, 5.74) is 0.877. The number of nitrogens with zero attached hydrogens (tertiary/aromatic N) is 2. The molecule has 1 heterocycles. The lowest BCUT2D eigenvalue weighted by Gasteiger charge is -2.34. The molecule has 1 aromatic carbocycles. The van der Waals surface area contributed by atoms with Crippen molar-refractivity contribution >= 4 is 23.2 Å². The summed E-state index contributed by atoms with van der Waals surface area (Å²) in [6, 6.07) is 10.4. The number of halogens is 1. The molecule has 2 aromatic rings. The van der Waals surface area contributed by atoms with E-state index in [1.54, 1.807) is 33.3 Å². The third-order valence-electron chi connectivity index (χ3n) is 6.10. The highest BCUT2D eigenvalue weighted by Crippen LogP contribution is 2.29. The first-order valence-electron chi connectivity index (χ1n) is 11.2. The first-order chi connectivity index (χ1) is 14.9. The summed E-state index contributed by atoms with van der Waals surface area (Å²) >= 11 is 1.67. The molecule has 1 unspecified atom stereocenters. The lowest BCUT2D eigenvalue weighted by Crippen LogP contribution is -2.47. The average molecular weight is 445 g/mol. The maximum absolute atomic E-state index is 13.4. The quantitative estimate of drug-likeness (QED) is 0.492. The van der Waals surface area contributed by atoms with Crippen LogP contribution < -0.4 is 0 Å². The van der Waals surface area contributed by atoms with E-state index in [1.165, 1.54) is 17.0 Å². The van der Waals surface area contributed by atoms with E-state index in [0.717, 1.165) is 36.1 Å². The van der Waals surface area contributed by atoms with E-state index in [1.807, 2.05) is 13.0 Å². The van der Waals surface area contributed by atoms with Gasteiger partial charge in [0.05, 0.1) is 13.1 Å². The van der Waals surface area contributed by atoms with Crippen LogP contribution in [-0.2, 0) is 22.7 Å². The zero-order valence-electron chi connectivity index (χ0n) is 18.8. The van der Waals surface area contributed by atoms with Gasteiger partial charge in [-0.25, -0.2) is 4.39 Å². The lowest BCUT2D eigenvalue weighted by atomic mass is 9.84. The molecule has 6 heteroatoms. The molecule has 0 aliphatic heterocycles. The fraction of sp³-hybridized carbons (Fsp3) is 0.520. The second-order valence-corrected chi connectivity index (χ2v) is 10.1. The van der Waals surface area contributed by atoms with Crippen LogP contribution in [-0.4, -0.2) is 34.7 Å². The van der Waals surface area contributed by atoms with Crippen LogP contribution in [0.4, 0.5) is 4.39 Å². The van der Waals surface area contributed by atoms with Crippen molar-refractivity contribution in [2.45, 2.75) is 59.5 Å². The van der Waals surface area contributed by atoms with E-state index in [0.29, 0.717) is 25.6 Å². The Morgan fingerprint density at radius 1 is 1.10 bits per heavy atom. The summed E-state index contributed by atoms with van der Waals surface area (Å²) in [6.45, 7) is 7.87. The van der Waals surface area contributed by atoms with Crippen LogP contribution in [0.25, 0.3) is 0 Å². The van der Waals surface area contributed by atoms with Crippen LogP contribution in [0.3, 0.4) is 0 Å². The molecule has 0 saturated heterocycles. The Kier molecular flexibility index (Phi) is 8.24. The van der Waals surface area contributed by atoms with Crippen LogP contribution in [0.1, 0.15) is 54.8 Å². The summed E-state index contributed by atoms with van der Waals surface area (Å²) in [7, 11) is 0. The van der Waals surface area contributed by atoms with Gasteiger partial charge in [-0.15, -0.1) is 11.3 Å². The van der Waals surface area contributed by atoms with Crippen molar-refractivity contribution in [1.29, 1.82) is 0 Å². The Morgan fingerprint density at radius 2 is 1.81 bits per heavy atom. The average Bonchev–Trinajstić information content (AvgIpc) is 3.11. The van der Waals surface area contributed by atoms with Gasteiger partial charge in [-0.2, -0.15) is 0 Å². The standard InChI is InChI=1S/C25H33FN2O2S/c1-4-18(2)14-28(25(30)21-6-5-7-21)17-24(29)27(16-23-13-8-19(3)31-23)15-20-9-11-22(26)12-10-20/h8-13,18,21H,4-7,14-17H2,1-3H3. The fourth-order valence-corrected chi connectivity index (χ4v) is 4.62. The molecule has 0 N–H and O–H groups in total. The summed E-state index contributed by atoms with van der Waals surface area (Å²) in [6.07, 6.45) is 3.92. The molecular formula is C25H33FN2O2S. The minimum Gasteiger partial charge on any atom is -0.333 e. The predicted octanol–water partition coefficient (Wildman–Crippen LogP) is 5.40. The van der Waals surface area contributed by atoms with E-state index in [2.05, 4.69) is 19.9 Å². The molecule has 1 aromatic heterocycles. The number of benzene rings is 1. The van der Waals surface area contributed by atoms with Crippen molar-refractivity contribution in [3.63, 3.8) is 0 Å². The van der Waals surface area contributed by atoms with E-state index in [4.69, 9.17) is 0 Å². The molecule has 1 fully saturated rings. The Morgan fingerprint density at radius 3 is 2.35 bits per heavy atom. The highest BCUT2D eigenvalue weighted by atomic mass is 32.1. The monoisotopic (exact) mass is 444 g/mol. The number of hydrogen-bond acceptors (Lipinski definition) is 3. The first kappa shape index (κ1) is 23.5. The molecule has 0 spiro atoms. The SMILES string of the molecule is CCC(C)CN(CC(=O)N(Cc1ccc(F)cc1)Cc1ccc(C)s1)C(=O)C1CCC1. The van der Waals surface area contributed by atoms with Gasteiger partial charge < -0.3 is 9.80 Å². The molecule has 31 heavy (non-hydrogen) atoms. The van der Waals surface area contributed by atoms with Crippen molar-refractivity contribution in [1.82, 2.24) is 9.80 Å². The Bertz CT molecular complexity index is 876. The van der Waals surface area contributed by atoms with Gasteiger partial charge >= 0.3 is 0 Å². The number of aryl methyl sites for hydroxylation is 1. The van der Waals surface area contributed by atoms with Gasteiger partial charge in [0, 0.05) is 28.8 Å². The molecular weight excluding hydrogens is 411 g/mol. The molecule has 0 radical (unpaired) electrons. The predicted molar refractivity (Wildman–Crippen MR) is 123 cm³/mol. The lowest BCUT2D eigenvalue weighted by molar-refractivity contribution is -0.145. The van der Waals surface area contributed by atoms with Crippen LogP contribution in [0, 0.1) is 24.6 Å². The molecule has 1 aliphatic carbocycles. The van der Waals surface area contributed by atoms with Gasteiger partial charge in [0.1, 0.15) is 5.82 Å². The fourth-order valence-electron chi connectivity index (χ4n) is 3.72. The normalized spacial score (nSPS) is 14.7. The number of rotatable bonds is 10. The molecule has 0 bridgehead atoms. The van der Waals surface area contributed by atoms with Gasteiger partial charge in [-0.1, -0.05) is 38.8 Å². The number of hydrogen-bond donors (Lipinski definition) is 0. The highest BCUT2D eigenvalue weighted by Gasteiger charge is 2.32. The van der Waals surface area contributed by atoms with Crippen LogP contribution in [0.15, 0.2) is 36.4 Å². The van der Waals surface area contributed by atoms with Crippen LogP contribution in [0.2, 0.25) is 0 Å². The molecule has 3 rings (SSSR count). The Hall–Kier alpha value is -2.21. The maximum Gasteiger partial charge on any atom is 0.242 e. The first-order valence-corrected chi connectivity index (χ1v) is 12.0. The molecule has 1 aliphatic rings. The van der Waals surface area contributed by atoms with E-state index in [9.17, 15) is 14.0 Å². The van der Waals surface area contributed by atoms with Crippen molar-refractivity contribution in [2.75, 3.05) is 13.1 Å². The Balaban J connectivity index is 1.76. The highest BCUT2D eigenvalue weighted by molar-refractivity contribution is 7.11. The van der Waals surface area contributed by atoms with Crippen molar-refractivity contribution in [2.24, 2.45) is 11.8 Å².